The van der Waals surface area contributed by atoms with Crippen molar-refractivity contribution in [3.8, 4) is 0 Å². The molecule has 16 rings (SSSR count). The summed E-state index contributed by atoms with van der Waals surface area (Å²) in [5.74, 6) is 0.294. The average molecular weight is 1520 g/mol. The van der Waals surface area contributed by atoms with Crippen molar-refractivity contribution < 1.29 is 56.4 Å². The minimum absolute atomic E-state index is 0.0419. The van der Waals surface area contributed by atoms with Gasteiger partial charge in [-0.05, 0) is 216 Å². The minimum atomic E-state index is -2.68. The lowest BCUT2D eigenvalue weighted by Crippen LogP contribution is -2.52. The Balaban J connectivity index is 0.000000123. The summed E-state index contributed by atoms with van der Waals surface area (Å²) in [4.78, 5) is 70.0. The number of ether oxygens (including phenoxy) is 6. The number of hydrogen-bond donors (Lipinski definition) is 4. The first-order valence-corrected chi connectivity index (χ1v) is 37.6. The molecular weight excluding hydrogens is 1420 g/mol. The molecule has 3 amide bonds. The van der Waals surface area contributed by atoms with E-state index in [1.165, 1.54) is 10.5 Å². The molecule has 0 aromatic heterocycles. The highest BCUT2D eigenvalue weighted by Crippen LogP contribution is 2.67. The van der Waals surface area contributed by atoms with Crippen molar-refractivity contribution in [2.45, 2.75) is 182 Å². The first-order chi connectivity index (χ1) is 49.7. The average Bonchev–Trinajstić information content (AvgIpc) is 1.54. The number of nitrogens with two attached hydrogens (primary N) is 4. The molecule has 8 N–H and O–H groups in total. The zero-order chi connectivity index (χ0) is 74.1. The molecule has 104 heavy (non-hydrogen) atoms. The molecule has 8 aliphatic carbocycles. The Morgan fingerprint density at radius 3 is 1.19 bits per heavy atom. The molecule has 4 aromatic carbocycles. The molecule has 4 atom stereocenters. The highest BCUT2D eigenvalue weighted by atomic mass is 35.5. The van der Waals surface area contributed by atoms with E-state index < -0.39 is 46.6 Å². The smallest absolute Gasteiger partial charge is 0.262 e. The number of fused-ring (bicyclic) bond motifs is 12. The van der Waals surface area contributed by atoms with E-state index in [4.69, 9.17) is 118 Å². The Hall–Kier alpha value is -6.29. The lowest BCUT2D eigenvalue weighted by molar-refractivity contribution is -0.232. The molecule has 4 unspecified atom stereocenters. The Kier molecular flexibility index (Phi) is 21.4. The SMILES string of the molecule is COC1CCC2(CC1)Cc1ccc(Cl)cc1C21N=C(N)N(C)O1.COC1CCC2(CC1)Cc1ccc(Cl)cc1C21N=C(N)N(CC(F)F)C1=O.COCCN1C(=O)C2(N=C1N)c1cc(Cl)ccc1CC21CCC(OC)CC1.COCCOC1CCC2(CC1)Cc1ccc(Cl)cc1C21N=C(N)N(C)C1=O. The maximum atomic E-state index is 13.7. The number of carbonyl (C=O) groups excluding carboxylic acids is 3. The van der Waals surface area contributed by atoms with Crippen LogP contribution in [0.15, 0.2) is 92.8 Å². The monoisotopic (exact) mass is 1510 g/mol. The first kappa shape index (κ1) is 75.9. The van der Waals surface area contributed by atoms with Crippen molar-refractivity contribution >= 4 is 88.0 Å². The Labute approximate surface area is 626 Å². The number of carbonyl (C=O) groups is 3. The maximum Gasteiger partial charge on any atom is 0.262 e. The topological polar surface area (TPSA) is 282 Å². The van der Waals surface area contributed by atoms with Crippen molar-refractivity contribution in [2.75, 3.05) is 82.6 Å². The van der Waals surface area contributed by atoms with Crippen LogP contribution in [-0.4, -0.2) is 175 Å². The van der Waals surface area contributed by atoms with Crippen molar-refractivity contribution in [3.05, 3.63) is 137 Å². The van der Waals surface area contributed by atoms with Gasteiger partial charge in [0.1, 0.15) is 0 Å². The highest BCUT2D eigenvalue weighted by molar-refractivity contribution is 6.32. The van der Waals surface area contributed by atoms with Gasteiger partial charge >= 0.3 is 0 Å². The van der Waals surface area contributed by atoms with E-state index in [1.54, 1.807) is 64.7 Å². The van der Waals surface area contributed by atoms with E-state index in [2.05, 4.69) is 11.1 Å². The third-order valence-corrected chi connectivity index (χ3v) is 26.3. The summed E-state index contributed by atoms with van der Waals surface area (Å²) in [5.41, 5.74) is 27.5. The lowest BCUT2D eigenvalue weighted by Gasteiger charge is -2.45. The van der Waals surface area contributed by atoms with E-state index in [0.29, 0.717) is 83.3 Å². The number of alkyl halides is 2. The van der Waals surface area contributed by atoms with Gasteiger partial charge in [0.2, 0.25) is 11.7 Å². The first-order valence-electron chi connectivity index (χ1n) is 36.1. The van der Waals surface area contributed by atoms with Crippen LogP contribution in [0.3, 0.4) is 0 Å². The van der Waals surface area contributed by atoms with Crippen molar-refractivity contribution in [1.29, 1.82) is 0 Å². The number of hydrogen-bond acceptors (Lipinski definition) is 19. The number of benzene rings is 4. The van der Waals surface area contributed by atoms with Gasteiger partial charge in [0.25, 0.3) is 24.1 Å². The van der Waals surface area contributed by atoms with Gasteiger partial charge in [-0.15, -0.1) is 0 Å². The number of rotatable bonds is 12. The second kappa shape index (κ2) is 29.4. The highest BCUT2D eigenvalue weighted by Gasteiger charge is 2.70. The Bertz CT molecular complexity index is 4080. The quantitative estimate of drug-likeness (QED) is 0.0960. The fraction of sp³-hybridized carbons (Fsp3) is 0.592. The second-order valence-electron chi connectivity index (χ2n) is 30.3. The zero-order valence-corrected chi connectivity index (χ0v) is 63.3. The van der Waals surface area contributed by atoms with Crippen LogP contribution in [-0.2, 0) is 95.7 Å². The van der Waals surface area contributed by atoms with Crippen molar-refractivity contribution in [2.24, 2.45) is 64.6 Å². The van der Waals surface area contributed by atoms with Gasteiger partial charge in [-0.3, -0.25) is 29.1 Å². The predicted molar refractivity (Wildman–Crippen MR) is 394 cm³/mol. The van der Waals surface area contributed by atoms with E-state index >= 15 is 0 Å². The number of amides is 3. The Morgan fingerprint density at radius 2 is 0.817 bits per heavy atom. The number of likely N-dealkylation sites (N-methyl/N-ethyl adjacent to an activating group) is 1. The van der Waals surface area contributed by atoms with Gasteiger partial charge < -0.3 is 51.4 Å². The molecule has 0 radical (unpaired) electrons. The minimum Gasteiger partial charge on any atom is -0.383 e. The van der Waals surface area contributed by atoms with Gasteiger partial charge in [-0.25, -0.2) is 38.7 Å². The number of halogens is 6. The number of aliphatic imine (C=N–C) groups is 4. The van der Waals surface area contributed by atoms with Crippen LogP contribution < -0.4 is 22.9 Å². The molecule has 22 nitrogen and oxygen atoms in total. The molecule has 4 heterocycles. The maximum absolute atomic E-state index is 13.7. The van der Waals surface area contributed by atoms with Crippen molar-refractivity contribution in [3.63, 3.8) is 0 Å². The molecule has 28 heteroatoms. The normalized spacial score (nSPS) is 33.2. The van der Waals surface area contributed by atoms with Crippen LogP contribution in [0, 0.1) is 21.7 Å². The van der Waals surface area contributed by atoms with Crippen LogP contribution in [0.25, 0.3) is 0 Å². The summed E-state index contributed by atoms with van der Waals surface area (Å²) in [6.45, 7) is 1.27. The molecule has 0 saturated heterocycles. The summed E-state index contributed by atoms with van der Waals surface area (Å²) in [7, 11) is 12.0. The predicted octanol–water partition coefficient (Wildman–Crippen LogP) is 10.8. The van der Waals surface area contributed by atoms with Gasteiger partial charge in [0.05, 0.1) is 57.3 Å². The van der Waals surface area contributed by atoms with E-state index in [9.17, 15) is 23.2 Å². The summed E-state index contributed by atoms with van der Waals surface area (Å²) >= 11 is 25.1. The summed E-state index contributed by atoms with van der Waals surface area (Å²) in [5, 5.41) is 4.02. The van der Waals surface area contributed by atoms with E-state index in [0.717, 1.165) is 147 Å². The van der Waals surface area contributed by atoms with Crippen LogP contribution in [0.2, 0.25) is 20.1 Å². The Morgan fingerprint density at radius 1 is 0.462 bits per heavy atom. The van der Waals surface area contributed by atoms with E-state index in [1.807, 2.05) is 61.6 Å². The van der Waals surface area contributed by atoms with Gasteiger partial charge in [-0.1, -0.05) is 70.7 Å². The molecule has 562 valence electrons. The molecule has 4 aromatic rings. The lowest BCUT2D eigenvalue weighted by atomic mass is 9.61. The molecular formula is C76H96Cl4F2N12O10. The third kappa shape index (κ3) is 12.3. The molecule has 4 fully saturated rings. The molecule has 8 spiro atoms. The van der Waals surface area contributed by atoms with Crippen LogP contribution in [0.5, 0.6) is 0 Å². The fourth-order valence-electron chi connectivity index (χ4n) is 20.0. The standard InChI is InChI=1S/2C20H26ClN3O3.C19H22ClF2N3O2.C17H22ClN3O2/c1-26-10-9-24-17(25)20(23-18(24)22)16-11-14(21)4-3-13(16)12-19(20)7-5-15(27-2)6-8-19;1-24-17(25)20(23-18(24)22)16-11-14(21)4-3-13(16)12-19(20)7-5-15(6-8-19)27-10-9-26-2;1-27-13-4-6-18(7-5-13)9-11-2-3-12(20)8-14(11)19(18)16(26)25(10-15(21)22)17(23)24-19;1-21-15(19)20-17(23-21)14-9-12(18)4-3-11(14)10-16(17)7-5-13(22-2)6-8-16/h2*3-4,11,15H,5-10,12H2,1-2H3,(H2,22,23);2-3,8,13,15H,4-7,9-10H2,1H3,(H2,23,24);3-4,9,13H,5-8,10H2,1-2H3,(H2,19,20). The largest absolute Gasteiger partial charge is 0.383 e. The van der Waals surface area contributed by atoms with Crippen LogP contribution in [0.4, 0.5) is 8.78 Å². The van der Waals surface area contributed by atoms with Gasteiger partial charge in [-0.2, -0.15) is 0 Å². The van der Waals surface area contributed by atoms with Crippen LogP contribution in [0.1, 0.15) is 147 Å². The van der Waals surface area contributed by atoms with Gasteiger partial charge in [0, 0.05) is 97.0 Å². The summed E-state index contributed by atoms with van der Waals surface area (Å²) in [6, 6.07) is 23.1. The zero-order valence-electron chi connectivity index (χ0n) is 60.2. The number of methoxy groups -OCH3 is 5. The molecule has 12 aliphatic rings. The molecule has 4 saturated carbocycles. The molecule has 4 aliphatic heterocycles. The summed E-state index contributed by atoms with van der Waals surface area (Å²) in [6.07, 6.45) is 15.6. The number of nitrogens with zero attached hydrogens (tertiary/aromatic N) is 8. The van der Waals surface area contributed by atoms with Crippen LogP contribution >= 0.6 is 46.4 Å². The second-order valence-corrected chi connectivity index (χ2v) is 32.0. The fourth-order valence-corrected chi connectivity index (χ4v) is 20.7. The molecule has 0 bridgehead atoms. The number of guanidine groups is 4. The van der Waals surface area contributed by atoms with E-state index in [-0.39, 0.29) is 64.2 Å². The van der Waals surface area contributed by atoms with Crippen molar-refractivity contribution in [1.82, 2.24) is 19.8 Å². The van der Waals surface area contributed by atoms with Gasteiger partial charge in [0.15, 0.2) is 34.5 Å². The summed E-state index contributed by atoms with van der Waals surface area (Å²) < 4.78 is 58.9. The third-order valence-electron chi connectivity index (χ3n) is 25.3. The number of hydroxylamine groups is 2.